The largest absolute Gasteiger partial charge is 0.366 e. The van der Waals surface area contributed by atoms with Gasteiger partial charge in [0.15, 0.2) is 11.6 Å². The van der Waals surface area contributed by atoms with E-state index in [0.717, 1.165) is 31.0 Å². The minimum atomic E-state index is -1.77. The molecule has 2 aliphatic rings. The molecule has 0 bridgehead atoms. The van der Waals surface area contributed by atoms with Crippen molar-refractivity contribution in [3.8, 4) is 11.3 Å². The molecule has 2 aromatic carbocycles. The van der Waals surface area contributed by atoms with E-state index in [1.165, 1.54) is 12.1 Å². The third-order valence-corrected chi connectivity index (χ3v) is 6.92. The number of hydrogen-bond donors (Lipinski definition) is 1. The third kappa shape index (κ3) is 4.42. The zero-order valence-electron chi connectivity index (χ0n) is 18.5. The van der Waals surface area contributed by atoms with Crippen LogP contribution in [0.4, 0.5) is 27.8 Å². The SMILES string of the molecule is [B]C([B])(c1c(F)cccc1F)N1C[C@H]2CC(Nc3ccc(-c4cc(F)cc(F)c4F)nn3)C[C@H]2C1. The number of likely N-dealkylation sites (tertiary alicyclic amines) is 1. The maximum atomic E-state index is 14.3. The van der Waals surface area contributed by atoms with Gasteiger partial charge < -0.3 is 10.2 Å². The van der Waals surface area contributed by atoms with Crippen molar-refractivity contribution in [1.82, 2.24) is 15.1 Å². The Morgan fingerprint density at radius 3 is 2.11 bits per heavy atom. The van der Waals surface area contributed by atoms with Crippen LogP contribution in [0, 0.1) is 40.9 Å². The Bertz CT molecular complexity index is 1220. The van der Waals surface area contributed by atoms with Gasteiger partial charge in [-0.2, -0.15) is 0 Å². The number of halogens is 5. The van der Waals surface area contributed by atoms with Crippen molar-refractivity contribution in [3.05, 3.63) is 77.1 Å². The van der Waals surface area contributed by atoms with E-state index in [9.17, 15) is 22.0 Å². The molecule has 3 aromatic rings. The second-order valence-electron chi connectivity index (χ2n) is 9.21. The summed E-state index contributed by atoms with van der Waals surface area (Å²) in [4.78, 5) is 1.71. The van der Waals surface area contributed by atoms with E-state index in [2.05, 4.69) is 15.5 Å². The van der Waals surface area contributed by atoms with Gasteiger partial charge in [-0.1, -0.05) is 6.07 Å². The van der Waals surface area contributed by atoms with Gasteiger partial charge in [0.1, 0.15) is 23.3 Å². The molecule has 1 saturated carbocycles. The molecule has 0 spiro atoms. The molecule has 1 N–H and O–H groups in total. The standard InChI is InChI=1S/C24H19B2F5N4/c25-24(26,22-17(28)2-1-3-18(22)29)35-10-12-6-15(7-13(12)11-35)32-21-5-4-20(33-34-21)16-8-14(27)9-19(30)23(16)31/h1-5,8-9,12-13,15H,6-7,10-11H2,(H,32,34)/t12-,13+,15?. The molecule has 2 fully saturated rings. The van der Waals surface area contributed by atoms with Crippen LogP contribution in [0.3, 0.4) is 0 Å². The summed E-state index contributed by atoms with van der Waals surface area (Å²) in [5.74, 6) is -4.10. The lowest BCUT2D eigenvalue weighted by Crippen LogP contribution is -2.48. The van der Waals surface area contributed by atoms with Crippen molar-refractivity contribution in [2.75, 3.05) is 18.4 Å². The van der Waals surface area contributed by atoms with E-state index >= 15 is 0 Å². The molecular formula is C24H19B2F5N4. The van der Waals surface area contributed by atoms with E-state index in [1.807, 2.05) is 0 Å². The van der Waals surface area contributed by atoms with E-state index in [-0.39, 0.29) is 34.7 Å². The lowest BCUT2D eigenvalue weighted by atomic mass is 9.56. The minimum absolute atomic E-state index is 0.00740. The predicted molar refractivity (Wildman–Crippen MR) is 122 cm³/mol. The highest BCUT2D eigenvalue weighted by Crippen LogP contribution is 2.43. The fraction of sp³-hybridized carbons (Fsp3) is 0.333. The number of anilines is 1. The topological polar surface area (TPSA) is 41.0 Å². The summed E-state index contributed by atoms with van der Waals surface area (Å²) >= 11 is 0. The van der Waals surface area contributed by atoms with Crippen LogP contribution in [-0.2, 0) is 5.34 Å². The Hall–Kier alpha value is -2.94. The number of aromatic nitrogens is 2. The number of nitrogens with zero attached hydrogens (tertiary/aromatic N) is 3. The van der Waals surface area contributed by atoms with Crippen molar-refractivity contribution >= 4 is 21.5 Å². The van der Waals surface area contributed by atoms with Crippen LogP contribution in [0.2, 0.25) is 0 Å². The van der Waals surface area contributed by atoms with Crippen molar-refractivity contribution in [2.24, 2.45) is 11.8 Å². The maximum absolute atomic E-state index is 14.3. The van der Waals surface area contributed by atoms with Crippen LogP contribution >= 0.6 is 0 Å². The molecule has 1 aliphatic carbocycles. The first kappa shape index (κ1) is 23.8. The highest BCUT2D eigenvalue weighted by atomic mass is 19.2. The lowest BCUT2D eigenvalue weighted by molar-refractivity contribution is 0.245. The Morgan fingerprint density at radius 1 is 0.857 bits per heavy atom. The molecular weight excluding hydrogens is 461 g/mol. The minimum Gasteiger partial charge on any atom is -0.366 e. The molecule has 2 heterocycles. The zero-order chi connectivity index (χ0) is 24.9. The van der Waals surface area contributed by atoms with Crippen molar-refractivity contribution in [1.29, 1.82) is 0 Å². The molecule has 1 aromatic heterocycles. The Morgan fingerprint density at radius 2 is 1.51 bits per heavy atom. The van der Waals surface area contributed by atoms with Gasteiger partial charge in [0.05, 0.1) is 21.4 Å². The van der Waals surface area contributed by atoms with Gasteiger partial charge >= 0.3 is 0 Å². The summed E-state index contributed by atoms with van der Waals surface area (Å²) in [5.41, 5.74) is -0.650. The van der Waals surface area contributed by atoms with Gasteiger partial charge in [-0.05, 0) is 60.3 Å². The van der Waals surface area contributed by atoms with Gasteiger partial charge in [0.2, 0.25) is 0 Å². The summed E-state index contributed by atoms with van der Waals surface area (Å²) in [6, 6.07) is 7.92. The molecule has 35 heavy (non-hydrogen) atoms. The van der Waals surface area contributed by atoms with Crippen LogP contribution in [0.1, 0.15) is 18.4 Å². The summed E-state index contributed by atoms with van der Waals surface area (Å²) in [6.07, 6.45) is 1.51. The van der Waals surface area contributed by atoms with Gasteiger partial charge in [-0.3, -0.25) is 0 Å². The zero-order valence-corrected chi connectivity index (χ0v) is 18.5. The van der Waals surface area contributed by atoms with Crippen molar-refractivity contribution in [3.63, 3.8) is 0 Å². The lowest BCUT2D eigenvalue weighted by Gasteiger charge is -2.38. The molecule has 5 rings (SSSR count). The molecule has 1 unspecified atom stereocenters. The number of nitrogens with one attached hydrogen (secondary N) is 1. The molecule has 1 aliphatic heterocycles. The second kappa shape index (κ2) is 8.93. The van der Waals surface area contributed by atoms with Gasteiger partial charge in [-0.25, -0.2) is 22.0 Å². The summed E-state index contributed by atoms with van der Waals surface area (Å²) in [5, 5.41) is 9.43. The molecule has 4 nitrogen and oxygen atoms in total. The first-order chi connectivity index (χ1) is 16.6. The quantitative estimate of drug-likeness (QED) is 0.340. The first-order valence-corrected chi connectivity index (χ1v) is 11.2. The van der Waals surface area contributed by atoms with E-state index in [0.29, 0.717) is 25.0 Å². The van der Waals surface area contributed by atoms with Crippen LogP contribution in [-0.4, -0.2) is 49.9 Å². The van der Waals surface area contributed by atoms with Crippen molar-refractivity contribution < 1.29 is 22.0 Å². The highest BCUT2D eigenvalue weighted by Gasteiger charge is 2.46. The van der Waals surface area contributed by atoms with Gasteiger partial charge in [-0.15, -0.1) is 10.2 Å². The Labute approximate surface area is 201 Å². The molecule has 3 atom stereocenters. The molecule has 176 valence electrons. The molecule has 11 heteroatoms. The fourth-order valence-electron chi connectivity index (χ4n) is 5.26. The average molecular weight is 480 g/mol. The average Bonchev–Trinajstić information content (AvgIpc) is 3.36. The summed E-state index contributed by atoms with van der Waals surface area (Å²) in [6.45, 7) is 0.970. The molecule has 1 saturated heterocycles. The highest BCUT2D eigenvalue weighted by molar-refractivity contribution is 6.39. The Kier molecular flexibility index (Phi) is 6.07. The Balaban J connectivity index is 1.23. The number of hydrogen-bond acceptors (Lipinski definition) is 4. The second-order valence-corrected chi connectivity index (χ2v) is 9.21. The summed E-state index contributed by atoms with van der Waals surface area (Å²) < 4.78 is 69.5. The number of rotatable bonds is 5. The van der Waals surface area contributed by atoms with E-state index in [1.54, 1.807) is 11.0 Å². The summed E-state index contributed by atoms with van der Waals surface area (Å²) in [7, 11) is 12.4. The van der Waals surface area contributed by atoms with Gasteiger partial charge in [0, 0.05) is 36.3 Å². The van der Waals surface area contributed by atoms with E-state index < -0.39 is 34.4 Å². The molecule has 0 amide bonds. The number of fused-ring (bicyclic) bond motifs is 1. The normalized spacial score (nSPS) is 22.4. The van der Waals surface area contributed by atoms with Crippen LogP contribution in [0.15, 0.2) is 42.5 Å². The smallest absolute Gasteiger partial charge is 0.168 e. The first-order valence-electron chi connectivity index (χ1n) is 11.2. The fourth-order valence-corrected chi connectivity index (χ4v) is 5.26. The predicted octanol–water partition coefficient (Wildman–Crippen LogP) is 4.11. The number of benzene rings is 2. The monoisotopic (exact) mass is 480 g/mol. The van der Waals surface area contributed by atoms with Crippen LogP contribution < -0.4 is 5.32 Å². The van der Waals surface area contributed by atoms with Crippen LogP contribution in [0.25, 0.3) is 11.3 Å². The van der Waals surface area contributed by atoms with Crippen molar-refractivity contribution in [2.45, 2.75) is 24.2 Å². The maximum Gasteiger partial charge on any atom is 0.168 e. The van der Waals surface area contributed by atoms with Crippen LogP contribution in [0.5, 0.6) is 0 Å². The third-order valence-electron chi connectivity index (χ3n) is 6.92. The van der Waals surface area contributed by atoms with E-state index in [4.69, 9.17) is 15.7 Å². The van der Waals surface area contributed by atoms with Gasteiger partial charge in [0.25, 0.3) is 0 Å². The molecule has 4 radical (unpaired) electrons.